The van der Waals surface area contributed by atoms with Crippen molar-refractivity contribution < 1.29 is 9.47 Å². The van der Waals surface area contributed by atoms with Crippen molar-refractivity contribution in [2.45, 2.75) is 52.7 Å². The van der Waals surface area contributed by atoms with Crippen LogP contribution in [0.1, 0.15) is 38.8 Å². The molecule has 3 heteroatoms. The van der Waals surface area contributed by atoms with Crippen molar-refractivity contribution >= 4 is 21.4 Å². The molecule has 0 aliphatic carbocycles. The van der Waals surface area contributed by atoms with E-state index in [-0.39, 0.29) is 11.2 Å². The molecule has 0 fully saturated rings. The fourth-order valence-electron chi connectivity index (χ4n) is 2.40. The molecule has 0 saturated heterocycles. The first-order valence-electron chi connectivity index (χ1n) is 6.63. The average Bonchev–Trinajstić information content (AvgIpc) is 2.56. The van der Waals surface area contributed by atoms with Crippen LogP contribution >= 0.6 is 11.3 Å². The third kappa shape index (κ3) is 1.75. The lowest BCUT2D eigenvalue weighted by Gasteiger charge is -2.44. The van der Waals surface area contributed by atoms with Gasteiger partial charge in [-0.25, -0.2) is 0 Å². The predicted octanol–water partition coefficient (Wildman–Crippen LogP) is 4.85. The molecule has 0 spiro atoms. The van der Waals surface area contributed by atoms with Gasteiger partial charge >= 0.3 is 0 Å². The summed E-state index contributed by atoms with van der Waals surface area (Å²) in [6.07, 6.45) is 0. The molecule has 2 aromatic rings. The van der Waals surface area contributed by atoms with Crippen LogP contribution < -0.4 is 9.47 Å². The lowest BCUT2D eigenvalue weighted by atomic mass is 9.88. The van der Waals surface area contributed by atoms with Crippen LogP contribution in [0.2, 0.25) is 0 Å². The minimum atomic E-state index is -0.342. The monoisotopic (exact) mass is 276 g/mol. The van der Waals surface area contributed by atoms with Crippen LogP contribution in [-0.2, 0) is 0 Å². The van der Waals surface area contributed by atoms with Gasteiger partial charge in [0, 0.05) is 10.1 Å². The molecule has 0 atom stereocenters. The van der Waals surface area contributed by atoms with E-state index in [0.29, 0.717) is 0 Å². The van der Waals surface area contributed by atoms with Crippen molar-refractivity contribution in [1.82, 2.24) is 0 Å². The van der Waals surface area contributed by atoms with E-state index in [1.807, 2.05) is 0 Å². The van der Waals surface area contributed by atoms with E-state index in [1.165, 1.54) is 21.2 Å². The first kappa shape index (κ1) is 12.8. The maximum atomic E-state index is 6.28. The molecule has 1 aromatic carbocycles. The van der Waals surface area contributed by atoms with Crippen molar-refractivity contribution in [3.05, 3.63) is 23.3 Å². The zero-order valence-corrected chi connectivity index (χ0v) is 13.2. The molecular weight excluding hydrogens is 256 g/mol. The van der Waals surface area contributed by atoms with E-state index >= 15 is 0 Å². The van der Waals surface area contributed by atoms with Gasteiger partial charge in [-0.2, -0.15) is 0 Å². The Morgan fingerprint density at radius 1 is 0.947 bits per heavy atom. The Morgan fingerprint density at radius 2 is 1.58 bits per heavy atom. The number of hydrogen-bond acceptors (Lipinski definition) is 3. The highest BCUT2D eigenvalue weighted by Crippen LogP contribution is 2.52. The summed E-state index contributed by atoms with van der Waals surface area (Å²) in [6.45, 7) is 12.6. The summed E-state index contributed by atoms with van der Waals surface area (Å²) >= 11 is 1.69. The first-order chi connectivity index (χ1) is 8.71. The van der Waals surface area contributed by atoms with Crippen LogP contribution in [0.5, 0.6) is 10.8 Å². The van der Waals surface area contributed by atoms with Gasteiger partial charge in [0.25, 0.3) is 0 Å². The Labute approximate surface area is 118 Å². The minimum Gasteiger partial charge on any atom is -0.478 e. The average molecular weight is 276 g/mol. The van der Waals surface area contributed by atoms with E-state index in [4.69, 9.17) is 9.47 Å². The predicted molar refractivity (Wildman–Crippen MR) is 80.7 cm³/mol. The van der Waals surface area contributed by atoms with Crippen LogP contribution in [-0.4, -0.2) is 11.2 Å². The topological polar surface area (TPSA) is 18.5 Å². The maximum Gasteiger partial charge on any atom is 0.218 e. The van der Waals surface area contributed by atoms with E-state index in [0.717, 1.165) is 10.8 Å². The largest absolute Gasteiger partial charge is 0.478 e. The molecule has 0 unspecified atom stereocenters. The smallest absolute Gasteiger partial charge is 0.218 e. The van der Waals surface area contributed by atoms with Gasteiger partial charge < -0.3 is 9.47 Å². The van der Waals surface area contributed by atoms with Crippen molar-refractivity contribution in [3.8, 4) is 10.8 Å². The first-order valence-corrected chi connectivity index (χ1v) is 7.45. The van der Waals surface area contributed by atoms with E-state index < -0.39 is 0 Å². The van der Waals surface area contributed by atoms with Crippen LogP contribution in [0, 0.1) is 13.8 Å². The van der Waals surface area contributed by atoms with Gasteiger partial charge in [-0.15, -0.1) is 0 Å². The van der Waals surface area contributed by atoms with Gasteiger partial charge in [0.15, 0.2) is 5.75 Å². The molecule has 1 aliphatic rings. The molecule has 3 rings (SSSR count). The molecule has 2 heterocycles. The second kappa shape index (κ2) is 3.66. The highest BCUT2D eigenvalue weighted by molar-refractivity contribution is 7.21. The molecule has 2 nitrogen and oxygen atoms in total. The molecule has 0 bridgehead atoms. The van der Waals surface area contributed by atoms with Crippen molar-refractivity contribution in [2.75, 3.05) is 0 Å². The summed E-state index contributed by atoms with van der Waals surface area (Å²) < 4.78 is 13.8. The molecule has 19 heavy (non-hydrogen) atoms. The third-order valence-corrected chi connectivity index (χ3v) is 5.40. The Kier molecular flexibility index (Phi) is 2.47. The lowest BCUT2D eigenvalue weighted by Crippen LogP contribution is -2.55. The standard InChI is InChI=1S/C16H20O2S/c1-9-7-10(2)13-11(8-9)12-14(19-13)18-16(5,6)15(3,4)17-12/h7-8H,1-6H3. The molecule has 0 amide bonds. The fraction of sp³-hybridized carbons (Fsp3) is 0.500. The summed E-state index contributed by atoms with van der Waals surface area (Å²) in [5.74, 6) is 0.913. The van der Waals surface area contributed by atoms with Gasteiger partial charge in [0.2, 0.25) is 5.06 Å². The van der Waals surface area contributed by atoms with Crippen molar-refractivity contribution in [1.29, 1.82) is 0 Å². The molecule has 0 N–H and O–H groups in total. The Bertz CT molecular complexity index is 665. The number of fused-ring (bicyclic) bond motifs is 3. The van der Waals surface area contributed by atoms with Gasteiger partial charge in [-0.05, 0) is 53.2 Å². The van der Waals surface area contributed by atoms with Crippen LogP contribution in [0.4, 0.5) is 0 Å². The number of rotatable bonds is 0. The maximum absolute atomic E-state index is 6.28. The minimum absolute atomic E-state index is 0.330. The van der Waals surface area contributed by atoms with Crippen molar-refractivity contribution in [2.24, 2.45) is 0 Å². The molecule has 1 aromatic heterocycles. The summed E-state index contributed by atoms with van der Waals surface area (Å²) in [5.41, 5.74) is 1.88. The second-order valence-corrected chi connectivity index (χ2v) is 7.39. The van der Waals surface area contributed by atoms with Crippen LogP contribution in [0.15, 0.2) is 12.1 Å². The number of ether oxygens (including phenoxy) is 2. The van der Waals surface area contributed by atoms with E-state index in [9.17, 15) is 0 Å². The van der Waals surface area contributed by atoms with Crippen LogP contribution in [0.25, 0.3) is 10.1 Å². The summed E-state index contributed by atoms with van der Waals surface area (Å²) in [4.78, 5) is 0. The Balaban J connectivity index is 2.28. The van der Waals surface area contributed by atoms with Gasteiger partial charge in [0.1, 0.15) is 11.2 Å². The lowest BCUT2D eigenvalue weighted by molar-refractivity contribution is -0.0951. The summed E-state index contributed by atoms with van der Waals surface area (Å²) in [7, 11) is 0. The van der Waals surface area contributed by atoms with E-state index in [1.54, 1.807) is 11.3 Å². The Morgan fingerprint density at radius 3 is 2.26 bits per heavy atom. The van der Waals surface area contributed by atoms with Gasteiger partial charge in [-0.3, -0.25) is 0 Å². The quantitative estimate of drug-likeness (QED) is 0.685. The SMILES string of the molecule is Cc1cc(C)c2sc3c(c2c1)OC(C)(C)C(C)(C)O3. The van der Waals surface area contributed by atoms with Crippen molar-refractivity contribution in [3.63, 3.8) is 0 Å². The summed E-state index contributed by atoms with van der Waals surface area (Å²) in [5, 5.41) is 2.09. The highest BCUT2D eigenvalue weighted by Gasteiger charge is 2.47. The molecular formula is C16H20O2S. The fourth-order valence-corrected chi connectivity index (χ4v) is 3.57. The van der Waals surface area contributed by atoms with Crippen LogP contribution in [0.3, 0.4) is 0 Å². The number of aryl methyl sites for hydroxylation is 2. The van der Waals surface area contributed by atoms with Gasteiger partial charge in [-0.1, -0.05) is 23.0 Å². The van der Waals surface area contributed by atoms with Gasteiger partial charge in [0.05, 0.1) is 0 Å². The zero-order chi connectivity index (χ0) is 14.0. The summed E-state index contributed by atoms with van der Waals surface area (Å²) in [6, 6.07) is 4.40. The molecule has 1 aliphatic heterocycles. The third-order valence-electron chi connectivity index (χ3n) is 4.20. The molecule has 102 valence electrons. The molecule has 0 radical (unpaired) electrons. The highest BCUT2D eigenvalue weighted by atomic mass is 32.1. The number of hydrogen-bond donors (Lipinski definition) is 0. The number of benzene rings is 1. The second-order valence-electron chi connectivity index (χ2n) is 6.40. The van der Waals surface area contributed by atoms with E-state index in [2.05, 4.69) is 53.7 Å². The molecule has 0 saturated carbocycles. The zero-order valence-electron chi connectivity index (χ0n) is 12.4. The normalized spacial score (nSPS) is 19.7. The Hall–Kier alpha value is -1.22. The number of thiophene rings is 1.